The molecule has 0 saturated carbocycles. The fourth-order valence-corrected chi connectivity index (χ4v) is 2.65. The molecule has 132 valence electrons. The molecular weight excluding hydrogens is 326 g/mol. The van der Waals surface area contributed by atoms with E-state index in [0.29, 0.717) is 30.4 Å². The molecule has 6 heteroatoms. The van der Waals surface area contributed by atoms with Crippen LogP contribution in [0.1, 0.15) is 28.8 Å². The van der Waals surface area contributed by atoms with E-state index >= 15 is 0 Å². The van der Waals surface area contributed by atoms with Crippen molar-refractivity contribution in [3.8, 4) is 0 Å². The molecule has 0 radical (unpaired) electrons. The minimum absolute atomic E-state index is 0.142. The number of para-hydroxylation sites is 1. The Morgan fingerprint density at radius 3 is 2.50 bits per heavy atom. The molecule has 0 aliphatic carbocycles. The van der Waals surface area contributed by atoms with Crippen LogP contribution in [0.5, 0.6) is 0 Å². The number of nitrogens with zero attached hydrogens (tertiary/aromatic N) is 4. The SMILES string of the molecule is CCN(C(=O)c1cc(NCc2ccncc2)nc(C)n1)c1ccccc1. The number of anilines is 2. The Bertz CT molecular complexity index is 868. The van der Waals surface area contributed by atoms with Crippen LogP contribution in [0.15, 0.2) is 60.9 Å². The van der Waals surface area contributed by atoms with Gasteiger partial charge in [0.1, 0.15) is 17.3 Å². The molecule has 1 N–H and O–H groups in total. The van der Waals surface area contributed by atoms with E-state index in [1.54, 1.807) is 30.3 Å². The van der Waals surface area contributed by atoms with E-state index in [9.17, 15) is 4.79 Å². The van der Waals surface area contributed by atoms with Crippen LogP contribution in [0.25, 0.3) is 0 Å². The monoisotopic (exact) mass is 347 g/mol. The molecule has 2 aromatic heterocycles. The number of aromatic nitrogens is 3. The summed E-state index contributed by atoms with van der Waals surface area (Å²) in [5.74, 6) is 1.04. The molecule has 3 rings (SSSR count). The minimum atomic E-state index is -0.142. The number of carbonyl (C=O) groups excluding carboxylic acids is 1. The molecular formula is C20H21N5O. The molecule has 1 aromatic carbocycles. The van der Waals surface area contributed by atoms with Gasteiger partial charge in [-0.1, -0.05) is 18.2 Å². The van der Waals surface area contributed by atoms with Crippen molar-refractivity contribution in [2.75, 3.05) is 16.8 Å². The maximum Gasteiger partial charge on any atom is 0.277 e. The van der Waals surface area contributed by atoms with Crippen LogP contribution < -0.4 is 10.2 Å². The Hall–Kier alpha value is -3.28. The number of rotatable bonds is 6. The van der Waals surface area contributed by atoms with Crippen LogP contribution in [0.4, 0.5) is 11.5 Å². The summed E-state index contributed by atoms with van der Waals surface area (Å²) in [6, 6.07) is 15.1. The third-order valence-electron chi connectivity index (χ3n) is 3.91. The second-order valence-corrected chi connectivity index (χ2v) is 5.78. The minimum Gasteiger partial charge on any atom is -0.366 e. The summed E-state index contributed by atoms with van der Waals surface area (Å²) in [4.78, 5) is 27.4. The Morgan fingerprint density at radius 1 is 1.08 bits per heavy atom. The Labute approximate surface area is 153 Å². The molecule has 0 saturated heterocycles. The predicted octanol–water partition coefficient (Wildman–Crippen LogP) is 3.46. The lowest BCUT2D eigenvalue weighted by molar-refractivity contribution is 0.0983. The van der Waals surface area contributed by atoms with Crippen LogP contribution in [-0.4, -0.2) is 27.4 Å². The van der Waals surface area contributed by atoms with Gasteiger partial charge >= 0.3 is 0 Å². The highest BCUT2D eigenvalue weighted by Gasteiger charge is 2.18. The first kappa shape index (κ1) is 17.5. The summed E-state index contributed by atoms with van der Waals surface area (Å²) in [5.41, 5.74) is 2.31. The van der Waals surface area contributed by atoms with E-state index in [1.807, 2.05) is 49.4 Å². The van der Waals surface area contributed by atoms with E-state index < -0.39 is 0 Å². The van der Waals surface area contributed by atoms with Gasteiger partial charge in [-0.2, -0.15) is 0 Å². The summed E-state index contributed by atoms with van der Waals surface area (Å²) < 4.78 is 0. The fourth-order valence-electron chi connectivity index (χ4n) is 2.65. The highest BCUT2D eigenvalue weighted by atomic mass is 16.2. The van der Waals surface area contributed by atoms with Gasteiger partial charge in [0.15, 0.2) is 0 Å². The van der Waals surface area contributed by atoms with Crippen molar-refractivity contribution in [3.63, 3.8) is 0 Å². The van der Waals surface area contributed by atoms with Gasteiger partial charge in [-0.3, -0.25) is 9.78 Å². The summed E-state index contributed by atoms with van der Waals surface area (Å²) in [6.45, 7) is 4.89. The number of pyridine rings is 1. The zero-order chi connectivity index (χ0) is 18.4. The molecule has 6 nitrogen and oxygen atoms in total. The van der Waals surface area contributed by atoms with Crippen LogP contribution in [-0.2, 0) is 6.54 Å². The molecule has 0 atom stereocenters. The average Bonchev–Trinajstić information content (AvgIpc) is 2.68. The number of aryl methyl sites for hydroxylation is 1. The van der Waals surface area contributed by atoms with Crippen LogP contribution >= 0.6 is 0 Å². The van der Waals surface area contributed by atoms with Gasteiger partial charge in [-0.25, -0.2) is 9.97 Å². The smallest absolute Gasteiger partial charge is 0.277 e. The number of hydrogen-bond donors (Lipinski definition) is 1. The molecule has 0 spiro atoms. The topological polar surface area (TPSA) is 71.0 Å². The number of nitrogens with one attached hydrogen (secondary N) is 1. The summed E-state index contributed by atoms with van der Waals surface area (Å²) in [5, 5.41) is 3.24. The summed E-state index contributed by atoms with van der Waals surface area (Å²) >= 11 is 0. The highest BCUT2D eigenvalue weighted by molar-refractivity contribution is 6.05. The number of benzene rings is 1. The molecule has 0 aliphatic rings. The largest absolute Gasteiger partial charge is 0.366 e. The van der Waals surface area contributed by atoms with E-state index in [0.717, 1.165) is 11.3 Å². The second kappa shape index (κ2) is 8.20. The Kier molecular flexibility index (Phi) is 5.53. The van der Waals surface area contributed by atoms with Crippen molar-refractivity contribution in [3.05, 3.63) is 78.0 Å². The van der Waals surface area contributed by atoms with E-state index in [-0.39, 0.29) is 5.91 Å². The van der Waals surface area contributed by atoms with E-state index in [4.69, 9.17) is 0 Å². The highest BCUT2D eigenvalue weighted by Crippen LogP contribution is 2.17. The third kappa shape index (κ3) is 4.22. The summed E-state index contributed by atoms with van der Waals surface area (Å²) in [6.07, 6.45) is 3.49. The molecule has 2 heterocycles. The van der Waals surface area contributed by atoms with Crippen molar-refractivity contribution < 1.29 is 4.79 Å². The van der Waals surface area contributed by atoms with Gasteiger partial charge in [-0.05, 0) is 43.7 Å². The fraction of sp³-hybridized carbons (Fsp3) is 0.200. The van der Waals surface area contributed by atoms with Gasteiger partial charge in [0, 0.05) is 37.2 Å². The van der Waals surface area contributed by atoms with Crippen LogP contribution in [0.2, 0.25) is 0 Å². The molecule has 0 unspecified atom stereocenters. The molecule has 0 bridgehead atoms. The van der Waals surface area contributed by atoms with Gasteiger partial charge < -0.3 is 10.2 Å². The zero-order valence-electron chi connectivity index (χ0n) is 14.9. The zero-order valence-corrected chi connectivity index (χ0v) is 14.9. The lowest BCUT2D eigenvalue weighted by Gasteiger charge is -2.21. The van der Waals surface area contributed by atoms with Crippen molar-refractivity contribution in [1.29, 1.82) is 0 Å². The number of carbonyl (C=O) groups is 1. The van der Waals surface area contributed by atoms with Crippen molar-refractivity contribution >= 4 is 17.4 Å². The van der Waals surface area contributed by atoms with Crippen LogP contribution in [0, 0.1) is 6.92 Å². The van der Waals surface area contributed by atoms with E-state index in [2.05, 4.69) is 20.3 Å². The first-order valence-corrected chi connectivity index (χ1v) is 8.52. The van der Waals surface area contributed by atoms with Crippen molar-refractivity contribution in [2.24, 2.45) is 0 Å². The van der Waals surface area contributed by atoms with Crippen molar-refractivity contribution in [1.82, 2.24) is 15.0 Å². The Morgan fingerprint density at radius 2 is 1.81 bits per heavy atom. The normalized spacial score (nSPS) is 10.4. The quantitative estimate of drug-likeness (QED) is 0.739. The van der Waals surface area contributed by atoms with Gasteiger partial charge in [-0.15, -0.1) is 0 Å². The molecule has 3 aromatic rings. The van der Waals surface area contributed by atoms with Gasteiger partial charge in [0.2, 0.25) is 0 Å². The van der Waals surface area contributed by atoms with E-state index in [1.165, 1.54) is 0 Å². The molecule has 0 fully saturated rings. The second-order valence-electron chi connectivity index (χ2n) is 5.78. The molecule has 26 heavy (non-hydrogen) atoms. The standard InChI is InChI=1S/C20H21N5O/c1-3-25(17-7-5-4-6-8-17)20(26)18-13-19(24-15(2)23-18)22-14-16-9-11-21-12-10-16/h4-13H,3,14H2,1-2H3,(H,22,23,24). The maximum absolute atomic E-state index is 13.0. The average molecular weight is 347 g/mol. The summed E-state index contributed by atoms with van der Waals surface area (Å²) in [7, 11) is 0. The third-order valence-corrected chi connectivity index (χ3v) is 3.91. The number of hydrogen-bond acceptors (Lipinski definition) is 5. The predicted molar refractivity (Wildman–Crippen MR) is 102 cm³/mol. The molecule has 0 aliphatic heterocycles. The maximum atomic E-state index is 13.0. The van der Waals surface area contributed by atoms with Gasteiger partial charge in [0.05, 0.1) is 0 Å². The first-order valence-electron chi connectivity index (χ1n) is 8.52. The van der Waals surface area contributed by atoms with Crippen LogP contribution in [0.3, 0.4) is 0 Å². The lowest BCUT2D eigenvalue weighted by Crippen LogP contribution is -2.31. The lowest BCUT2D eigenvalue weighted by atomic mass is 10.2. The number of amides is 1. The molecule has 1 amide bonds. The van der Waals surface area contributed by atoms with Gasteiger partial charge in [0.25, 0.3) is 5.91 Å². The first-order chi connectivity index (χ1) is 12.7. The van der Waals surface area contributed by atoms with Crippen molar-refractivity contribution in [2.45, 2.75) is 20.4 Å². The Balaban J connectivity index is 1.81.